The Morgan fingerprint density at radius 2 is 1.85 bits per heavy atom. The molecule has 2 rings (SSSR count). The average Bonchev–Trinajstić information content (AvgIpc) is 2.48. The van der Waals surface area contributed by atoms with Gasteiger partial charge in [0.25, 0.3) is 0 Å². The predicted molar refractivity (Wildman–Crippen MR) is 81.6 cm³/mol. The van der Waals surface area contributed by atoms with Gasteiger partial charge in [-0.1, -0.05) is 6.92 Å². The maximum atomic E-state index is 6.17. The van der Waals surface area contributed by atoms with E-state index >= 15 is 0 Å². The first-order valence-electron chi connectivity index (χ1n) is 6.57. The summed E-state index contributed by atoms with van der Waals surface area (Å²) in [4.78, 5) is 10.8. The summed E-state index contributed by atoms with van der Waals surface area (Å²) in [5.41, 5.74) is 8.68. The van der Waals surface area contributed by atoms with Crippen LogP contribution in [0, 0.1) is 6.92 Å². The maximum Gasteiger partial charge on any atom is 0.160 e. The smallest absolute Gasteiger partial charge is 0.160 e. The van der Waals surface area contributed by atoms with Crippen molar-refractivity contribution in [3.8, 4) is 5.75 Å². The van der Waals surface area contributed by atoms with E-state index in [4.69, 9.17) is 10.5 Å². The minimum atomic E-state index is 0.636. The number of nitrogens with two attached hydrogens (primary N) is 1. The standard InChI is InChI=1S/C15H20N4O/c1-5-13-14(16)15(18-10(2)17-13)19(3)11-6-8-12(20-4)9-7-11/h6-9H,5,16H2,1-4H3. The van der Waals surface area contributed by atoms with Gasteiger partial charge in [-0.2, -0.15) is 0 Å². The number of hydrogen-bond donors (Lipinski definition) is 1. The third-order valence-corrected chi connectivity index (χ3v) is 3.23. The lowest BCUT2D eigenvalue weighted by Gasteiger charge is -2.21. The van der Waals surface area contributed by atoms with Crippen LogP contribution in [0.15, 0.2) is 24.3 Å². The highest BCUT2D eigenvalue weighted by Crippen LogP contribution is 2.29. The Morgan fingerprint density at radius 1 is 1.20 bits per heavy atom. The Balaban J connectivity index is 2.41. The zero-order chi connectivity index (χ0) is 14.7. The molecule has 0 amide bonds. The number of hydrogen-bond acceptors (Lipinski definition) is 5. The molecule has 0 spiro atoms. The fourth-order valence-electron chi connectivity index (χ4n) is 2.08. The molecule has 0 atom stereocenters. The summed E-state index contributed by atoms with van der Waals surface area (Å²) in [7, 11) is 3.59. The second-order valence-corrected chi connectivity index (χ2v) is 4.57. The Hall–Kier alpha value is -2.30. The van der Waals surface area contributed by atoms with Crippen molar-refractivity contribution in [1.82, 2.24) is 9.97 Å². The van der Waals surface area contributed by atoms with Crippen LogP contribution < -0.4 is 15.4 Å². The number of aromatic nitrogens is 2. The second-order valence-electron chi connectivity index (χ2n) is 4.57. The number of anilines is 3. The first-order valence-corrected chi connectivity index (χ1v) is 6.57. The van der Waals surface area contributed by atoms with Gasteiger partial charge in [0.05, 0.1) is 18.5 Å². The predicted octanol–water partition coefficient (Wildman–Crippen LogP) is 2.71. The Kier molecular flexibility index (Phi) is 4.08. The van der Waals surface area contributed by atoms with Crippen molar-refractivity contribution >= 4 is 17.2 Å². The zero-order valence-corrected chi connectivity index (χ0v) is 12.3. The molecule has 106 valence electrons. The fourth-order valence-corrected chi connectivity index (χ4v) is 2.08. The quantitative estimate of drug-likeness (QED) is 0.927. The monoisotopic (exact) mass is 272 g/mol. The molecular formula is C15H20N4O. The highest BCUT2D eigenvalue weighted by molar-refractivity contribution is 5.72. The second kappa shape index (κ2) is 5.77. The van der Waals surface area contributed by atoms with Crippen LogP contribution in [0.5, 0.6) is 5.75 Å². The summed E-state index contributed by atoms with van der Waals surface area (Å²) in [6.45, 7) is 3.92. The van der Waals surface area contributed by atoms with E-state index in [1.807, 2.05) is 50.1 Å². The molecule has 20 heavy (non-hydrogen) atoms. The van der Waals surface area contributed by atoms with Crippen molar-refractivity contribution in [3.63, 3.8) is 0 Å². The summed E-state index contributed by atoms with van der Waals surface area (Å²) < 4.78 is 5.17. The minimum absolute atomic E-state index is 0.636. The molecule has 0 saturated carbocycles. The molecule has 1 aromatic carbocycles. The Bertz CT molecular complexity index is 596. The molecular weight excluding hydrogens is 252 g/mol. The summed E-state index contributed by atoms with van der Waals surface area (Å²) in [5.74, 6) is 2.29. The Labute approximate surface area is 119 Å². The first-order chi connectivity index (χ1) is 9.56. The largest absolute Gasteiger partial charge is 0.497 e. The molecule has 1 aromatic heterocycles. The molecule has 2 aromatic rings. The van der Waals surface area contributed by atoms with Crippen molar-refractivity contribution in [1.29, 1.82) is 0 Å². The number of methoxy groups -OCH3 is 1. The van der Waals surface area contributed by atoms with E-state index in [1.54, 1.807) is 7.11 Å². The molecule has 0 bridgehead atoms. The van der Waals surface area contributed by atoms with Gasteiger partial charge in [-0.05, 0) is 37.6 Å². The van der Waals surface area contributed by atoms with E-state index in [-0.39, 0.29) is 0 Å². The van der Waals surface area contributed by atoms with Gasteiger partial charge in [-0.3, -0.25) is 0 Å². The molecule has 5 heteroatoms. The highest BCUT2D eigenvalue weighted by atomic mass is 16.5. The molecule has 5 nitrogen and oxygen atoms in total. The van der Waals surface area contributed by atoms with E-state index < -0.39 is 0 Å². The van der Waals surface area contributed by atoms with Crippen molar-refractivity contribution in [3.05, 3.63) is 35.8 Å². The molecule has 1 heterocycles. The van der Waals surface area contributed by atoms with Gasteiger partial charge < -0.3 is 15.4 Å². The molecule has 0 saturated heterocycles. The summed E-state index contributed by atoms with van der Waals surface area (Å²) in [6.07, 6.45) is 0.790. The number of rotatable bonds is 4. The molecule has 2 N–H and O–H groups in total. The van der Waals surface area contributed by atoms with E-state index in [9.17, 15) is 0 Å². The third kappa shape index (κ3) is 2.66. The number of nitrogen functional groups attached to an aromatic ring is 1. The molecule has 0 aliphatic heterocycles. The summed E-state index contributed by atoms with van der Waals surface area (Å²) in [5, 5.41) is 0. The van der Waals surface area contributed by atoms with Crippen LogP contribution in [0.4, 0.5) is 17.2 Å². The van der Waals surface area contributed by atoms with Crippen LogP contribution in [-0.2, 0) is 6.42 Å². The number of benzene rings is 1. The highest BCUT2D eigenvalue weighted by Gasteiger charge is 2.14. The topological polar surface area (TPSA) is 64.3 Å². The van der Waals surface area contributed by atoms with Gasteiger partial charge in [-0.15, -0.1) is 0 Å². The van der Waals surface area contributed by atoms with Gasteiger partial charge in [0.15, 0.2) is 5.82 Å². The lowest BCUT2D eigenvalue weighted by atomic mass is 10.2. The van der Waals surface area contributed by atoms with Gasteiger partial charge in [0.2, 0.25) is 0 Å². The van der Waals surface area contributed by atoms with Gasteiger partial charge in [-0.25, -0.2) is 9.97 Å². The molecule has 0 fully saturated rings. The first kappa shape index (κ1) is 14.1. The summed E-state index contributed by atoms with van der Waals surface area (Å²) in [6, 6.07) is 7.77. The Morgan fingerprint density at radius 3 is 2.40 bits per heavy atom. The van der Waals surface area contributed by atoms with Crippen molar-refractivity contribution in [2.24, 2.45) is 0 Å². The van der Waals surface area contributed by atoms with Gasteiger partial charge in [0, 0.05) is 12.7 Å². The van der Waals surface area contributed by atoms with Crippen LogP contribution in [0.3, 0.4) is 0 Å². The van der Waals surface area contributed by atoms with Gasteiger partial charge >= 0.3 is 0 Å². The van der Waals surface area contributed by atoms with Crippen molar-refractivity contribution < 1.29 is 4.74 Å². The lowest BCUT2D eigenvalue weighted by molar-refractivity contribution is 0.415. The third-order valence-electron chi connectivity index (χ3n) is 3.23. The molecule has 0 aliphatic carbocycles. The van der Waals surface area contributed by atoms with Crippen LogP contribution >= 0.6 is 0 Å². The maximum absolute atomic E-state index is 6.17. The molecule has 0 aliphatic rings. The number of aryl methyl sites for hydroxylation is 2. The minimum Gasteiger partial charge on any atom is -0.497 e. The van der Waals surface area contributed by atoms with Crippen molar-refractivity contribution in [2.75, 3.05) is 24.8 Å². The van der Waals surface area contributed by atoms with Crippen LogP contribution in [0.25, 0.3) is 0 Å². The van der Waals surface area contributed by atoms with E-state index in [0.717, 1.165) is 35.2 Å². The van der Waals surface area contributed by atoms with Crippen LogP contribution in [0.2, 0.25) is 0 Å². The zero-order valence-electron chi connectivity index (χ0n) is 12.3. The number of ether oxygens (including phenoxy) is 1. The fraction of sp³-hybridized carbons (Fsp3) is 0.333. The van der Waals surface area contributed by atoms with Crippen LogP contribution in [0.1, 0.15) is 18.4 Å². The van der Waals surface area contributed by atoms with Crippen LogP contribution in [-0.4, -0.2) is 24.1 Å². The average molecular weight is 272 g/mol. The van der Waals surface area contributed by atoms with Gasteiger partial charge in [0.1, 0.15) is 11.6 Å². The number of nitrogens with zero attached hydrogens (tertiary/aromatic N) is 3. The SMILES string of the molecule is CCc1nc(C)nc(N(C)c2ccc(OC)cc2)c1N. The van der Waals surface area contributed by atoms with E-state index in [2.05, 4.69) is 9.97 Å². The van der Waals surface area contributed by atoms with Crippen molar-refractivity contribution in [2.45, 2.75) is 20.3 Å². The normalized spacial score (nSPS) is 10.4. The summed E-state index contributed by atoms with van der Waals surface area (Å²) >= 11 is 0. The van der Waals surface area contributed by atoms with E-state index in [1.165, 1.54) is 0 Å². The molecule has 0 radical (unpaired) electrons. The van der Waals surface area contributed by atoms with E-state index in [0.29, 0.717) is 5.69 Å². The molecule has 0 unspecified atom stereocenters. The lowest BCUT2D eigenvalue weighted by Crippen LogP contribution is -2.16.